The first-order valence-corrected chi connectivity index (χ1v) is 12.0. The van der Waals surface area contributed by atoms with E-state index in [-0.39, 0.29) is 10.8 Å². The lowest BCUT2D eigenvalue weighted by molar-refractivity contribution is 0.0950. The Hall–Kier alpha value is -3.32. The first kappa shape index (κ1) is 21.9. The van der Waals surface area contributed by atoms with Crippen molar-refractivity contribution < 1.29 is 17.9 Å². The summed E-state index contributed by atoms with van der Waals surface area (Å²) in [5.41, 5.74) is 3.94. The van der Waals surface area contributed by atoms with E-state index in [2.05, 4.69) is 5.32 Å². The van der Waals surface area contributed by atoms with Crippen molar-refractivity contribution in [3.05, 3.63) is 89.0 Å². The van der Waals surface area contributed by atoms with Gasteiger partial charge in [0, 0.05) is 18.7 Å². The van der Waals surface area contributed by atoms with Gasteiger partial charge in [-0.1, -0.05) is 36.4 Å². The second kappa shape index (κ2) is 9.04. The van der Waals surface area contributed by atoms with E-state index in [1.165, 1.54) is 16.4 Å². The normalized spacial score (nSPS) is 13.4. The quantitative estimate of drug-likeness (QED) is 0.614. The molecule has 1 aliphatic rings. The Morgan fingerprint density at radius 1 is 1.06 bits per heavy atom. The minimum absolute atomic E-state index is 0.110. The van der Waals surface area contributed by atoms with Crippen LogP contribution < -0.4 is 14.4 Å². The van der Waals surface area contributed by atoms with Crippen LogP contribution >= 0.6 is 0 Å². The molecule has 1 amide bonds. The average Bonchev–Trinajstić information content (AvgIpc) is 2.83. The lowest BCUT2D eigenvalue weighted by Gasteiger charge is -2.30. The third kappa shape index (κ3) is 4.34. The predicted molar refractivity (Wildman–Crippen MR) is 125 cm³/mol. The number of carbonyl (C=O) groups excluding carboxylic acids is 1. The van der Waals surface area contributed by atoms with Gasteiger partial charge in [-0.05, 0) is 66.8 Å². The number of aryl methyl sites for hydroxylation is 2. The van der Waals surface area contributed by atoms with Crippen molar-refractivity contribution in [2.24, 2.45) is 0 Å². The lowest BCUT2D eigenvalue weighted by atomic mass is 10.0. The van der Waals surface area contributed by atoms with Gasteiger partial charge in [0.25, 0.3) is 15.9 Å². The van der Waals surface area contributed by atoms with Crippen molar-refractivity contribution in [2.45, 2.75) is 31.2 Å². The van der Waals surface area contributed by atoms with Crippen LogP contribution in [0.15, 0.2) is 71.6 Å². The second-order valence-corrected chi connectivity index (χ2v) is 9.69. The van der Waals surface area contributed by atoms with Crippen molar-refractivity contribution in [3.63, 3.8) is 0 Å². The van der Waals surface area contributed by atoms with Gasteiger partial charge in [-0.15, -0.1) is 0 Å². The molecule has 0 saturated heterocycles. The molecule has 0 spiro atoms. The predicted octanol–water partition coefficient (Wildman–Crippen LogP) is 4.08. The van der Waals surface area contributed by atoms with E-state index in [1.807, 2.05) is 49.4 Å². The molecule has 6 nitrogen and oxygen atoms in total. The molecule has 0 aliphatic carbocycles. The minimum atomic E-state index is -3.78. The molecule has 0 fully saturated rings. The van der Waals surface area contributed by atoms with Gasteiger partial charge < -0.3 is 10.1 Å². The van der Waals surface area contributed by atoms with E-state index in [0.29, 0.717) is 24.3 Å². The molecule has 0 bridgehead atoms. The lowest BCUT2D eigenvalue weighted by Crippen LogP contribution is -2.35. The van der Waals surface area contributed by atoms with Crippen molar-refractivity contribution in [1.29, 1.82) is 0 Å². The standard InChI is InChI=1S/C25H26N2O4S/c1-18-12-13-19(15-24(18)31-2)17-26-25(28)21-8-5-10-22(16-21)32(29,30)27-14-6-9-20-7-3-4-11-23(20)27/h3-5,7-8,10-13,15-16H,6,9,14,17H2,1-2H3,(H,26,28). The van der Waals surface area contributed by atoms with Crippen LogP contribution in [0, 0.1) is 6.92 Å². The maximum absolute atomic E-state index is 13.4. The van der Waals surface area contributed by atoms with Gasteiger partial charge >= 0.3 is 0 Å². The molecule has 0 unspecified atom stereocenters. The van der Waals surface area contributed by atoms with Crippen LogP contribution in [-0.2, 0) is 23.0 Å². The van der Waals surface area contributed by atoms with Crippen LogP contribution in [0.5, 0.6) is 5.75 Å². The summed E-state index contributed by atoms with van der Waals surface area (Å²) in [5.74, 6) is 0.423. The van der Waals surface area contributed by atoms with Crippen molar-refractivity contribution >= 4 is 21.6 Å². The number of ether oxygens (including phenoxy) is 1. The summed E-state index contributed by atoms with van der Waals surface area (Å²) in [5, 5.41) is 2.86. The molecule has 4 rings (SSSR count). The van der Waals surface area contributed by atoms with Crippen LogP contribution in [0.3, 0.4) is 0 Å². The Balaban J connectivity index is 1.54. The molecule has 32 heavy (non-hydrogen) atoms. The number of amides is 1. The van der Waals surface area contributed by atoms with Gasteiger partial charge in [0.1, 0.15) is 5.75 Å². The topological polar surface area (TPSA) is 75.7 Å². The molecular formula is C25H26N2O4S. The summed E-state index contributed by atoms with van der Waals surface area (Å²) in [6.07, 6.45) is 1.62. The molecule has 1 aliphatic heterocycles. The second-order valence-electron chi connectivity index (χ2n) is 7.82. The van der Waals surface area contributed by atoms with E-state index >= 15 is 0 Å². The number of hydrogen-bond acceptors (Lipinski definition) is 4. The molecule has 1 heterocycles. The minimum Gasteiger partial charge on any atom is -0.496 e. The van der Waals surface area contributed by atoms with Gasteiger partial charge in [-0.2, -0.15) is 0 Å². The number of rotatable bonds is 6. The maximum atomic E-state index is 13.4. The smallest absolute Gasteiger partial charge is 0.264 e. The molecule has 0 saturated carbocycles. The number of sulfonamides is 1. The molecule has 0 aromatic heterocycles. The van der Waals surface area contributed by atoms with Crippen molar-refractivity contribution in [2.75, 3.05) is 18.0 Å². The largest absolute Gasteiger partial charge is 0.496 e. The van der Waals surface area contributed by atoms with Crippen molar-refractivity contribution in [1.82, 2.24) is 5.32 Å². The van der Waals surface area contributed by atoms with Crippen LogP contribution in [0.4, 0.5) is 5.69 Å². The molecule has 3 aromatic carbocycles. The number of nitrogens with zero attached hydrogens (tertiary/aromatic N) is 1. The number of para-hydroxylation sites is 1. The highest BCUT2D eigenvalue weighted by molar-refractivity contribution is 7.92. The fourth-order valence-electron chi connectivity index (χ4n) is 3.93. The fourth-order valence-corrected chi connectivity index (χ4v) is 5.52. The monoisotopic (exact) mass is 450 g/mol. The first-order valence-electron chi connectivity index (χ1n) is 10.5. The van der Waals surface area contributed by atoms with E-state index < -0.39 is 10.0 Å². The van der Waals surface area contributed by atoms with Gasteiger partial charge in [0.2, 0.25) is 0 Å². The third-order valence-electron chi connectivity index (χ3n) is 5.68. The van der Waals surface area contributed by atoms with Gasteiger partial charge in [-0.3, -0.25) is 9.10 Å². The Bertz CT molecular complexity index is 1250. The highest BCUT2D eigenvalue weighted by Crippen LogP contribution is 2.32. The fraction of sp³-hybridized carbons (Fsp3) is 0.240. The van der Waals surface area contributed by atoms with Crippen LogP contribution in [0.1, 0.15) is 33.5 Å². The van der Waals surface area contributed by atoms with Gasteiger partial charge in [0.15, 0.2) is 0 Å². The summed E-state index contributed by atoms with van der Waals surface area (Å²) in [6.45, 7) is 2.69. The summed E-state index contributed by atoms with van der Waals surface area (Å²) < 4.78 is 33.5. The number of hydrogen-bond donors (Lipinski definition) is 1. The molecule has 3 aromatic rings. The molecule has 166 valence electrons. The summed E-state index contributed by atoms with van der Waals surface area (Å²) in [6, 6.07) is 19.5. The summed E-state index contributed by atoms with van der Waals surface area (Å²) in [4.78, 5) is 12.9. The zero-order chi connectivity index (χ0) is 22.7. The Labute approximate surface area is 188 Å². The highest BCUT2D eigenvalue weighted by Gasteiger charge is 2.29. The van der Waals surface area contributed by atoms with Gasteiger partial charge in [-0.25, -0.2) is 8.42 Å². The number of carbonyl (C=O) groups is 1. The van der Waals surface area contributed by atoms with E-state index in [1.54, 1.807) is 19.2 Å². The SMILES string of the molecule is COc1cc(CNC(=O)c2cccc(S(=O)(=O)N3CCCc4ccccc43)c2)ccc1C. The van der Waals surface area contributed by atoms with Crippen LogP contribution in [0.2, 0.25) is 0 Å². The Morgan fingerprint density at radius 3 is 2.69 bits per heavy atom. The Kier molecular flexibility index (Phi) is 6.19. The number of methoxy groups -OCH3 is 1. The van der Waals surface area contributed by atoms with E-state index in [0.717, 1.165) is 35.3 Å². The Morgan fingerprint density at radius 2 is 1.88 bits per heavy atom. The molecule has 1 N–H and O–H groups in total. The molecular weight excluding hydrogens is 424 g/mol. The average molecular weight is 451 g/mol. The van der Waals surface area contributed by atoms with E-state index in [9.17, 15) is 13.2 Å². The number of fused-ring (bicyclic) bond motifs is 1. The third-order valence-corrected chi connectivity index (χ3v) is 7.49. The zero-order valence-corrected chi connectivity index (χ0v) is 19.0. The maximum Gasteiger partial charge on any atom is 0.264 e. The van der Waals surface area contributed by atoms with Crippen LogP contribution in [0.25, 0.3) is 0 Å². The summed E-state index contributed by atoms with van der Waals surface area (Å²) >= 11 is 0. The number of anilines is 1. The van der Waals surface area contributed by atoms with Crippen LogP contribution in [-0.4, -0.2) is 28.0 Å². The van der Waals surface area contributed by atoms with Gasteiger partial charge in [0.05, 0.1) is 17.7 Å². The van der Waals surface area contributed by atoms with Crippen molar-refractivity contribution in [3.8, 4) is 5.75 Å². The first-order chi connectivity index (χ1) is 15.4. The molecule has 0 atom stereocenters. The molecule has 0 radical (unpaired) electrons. The summed E-state index contributed by atoms with van der Waals surface area (Å²) in [7, 11) is -2.17. The zero-order valence-electron chi connectivity index (χ0n) is 18.2. The number of benzene rings is 3. The molecule has 7 heteroatoms. The highest BCUT2D eigenvalue weighted by atomic mass is 32.2. The van der Waals surface area contributed by atoms with E-state index in [4.69, 9.17) is 4.74 Å². The number of nitrogens with one attached hydrogen (secondary N) is 1.